The predicted molar refractivity (Wildman–Crippen MR) is 125 cm³/mol. The molecule has 0 unspecified atom stereocenters. The van der Waals surface area contributed by atoms with Gasteiger partial charge in [-0.1, -0.05) is 19.9 Å². The van der Waals surface area contributed by atoms with Crippen LogP contribution in [0, 0.1) is 0 Å². The van der Waals surface area contributed by atoms with Crippen molar-refractivity contribution in [2.24, 2.45) is 0 Å². The SMILES string of the molecule is CC(C)c1ccc2ncn(C=CC(=O)NCCCCOc3cccnc3)c(=O)c2c1.Cl. The molecule has 0 atom stereocenters. The fourth-order valence-electron chi connectivity index (χ4n) is 2.89. The van der Waals surface area contributed by atoms with E-state index in [1.807, 2.05) is 30.3 Å². The molecular weight excluding hydrogens is 416 g/mol. The van der Waals surface area contributed by atoms with Gasteiger partial charge in [0, 0.05) is 25.0 Å². The van der Waals surface area contributed by atoms with Gasteiger partial charge in [-0.15, -0.1) is 12.4 Å². The lowest BCUT2D eigenvalue weighted by Gasteiger charge is -2.07. The van der Waals surface area contributed by atoms with E-state index in [-0.39, 0.29) is 23.9 Å². The van der Waals surface area contributed by atoms with E-state index in [0.717, 1.165) is 24.2 Å². The van der Waals surface area contributed by atoms with Crippen molar-refractivity contribution in [2.75, 3.05) is 13.2 Å². The third-order valence-corrected chi connectivity index (χ3v) is 4.63. The first kappa shape index (κ1) is 24.1. The highest BCUT2D eigenvalue weighted by Gasteiger charge is 2.06. The Kier molecular flexibility index (Phi) is 9.21. The number of halogens is 1. The number of aromatic nitrogens is 3. The zero-order valence-electron chi connectivity index (χ0n) is 17.7. The minimum absolute atomic E-state index is 0. The quantitative estimate of drug-likeness (QED) is 0.402. The summed E-state index contributed by atoms with van der Waals surface area (Å²) in [6.45, 7) is 5.24. The molecule has 1 aromatic carbocycles. The maximum atomic E-state index is 12.7. The van der Waals surface area contributed by atoms with Gasteiger partial charge in [-0.2, -0.15) is 0 Å². The van der Waals surface area contributed by atoms with Crippen molar-refractivity contribution in [2.45, 2.75) is 32.6 Å². The molecule has 3 rings (SSSR count). The number of ether oxygens (including phenoxy) is 1. The molecule has 7 nitrogen and oxygen atoms in total. The van der Waals surface area contributed by atoms with Crippen LogP contribution >= 0.6 is 12.4 Å². The normalized spacial score (nSPS) is 10.9. The molecule has 0 spiro atoms. The molecule has 0 aliphatic rings. The van der Waals surface area contributed by atoms with Gasteiger partial charge in [-0.3, -0.25) is 19.1 Å². The van der Waals surface area contributed by atoms with Crippen LogP contribution in [0.3, 0.4) is 0 Å². The molecule has 0 bridgehead atoms. The number of pyridine rings is 1. The molecule has 31 heavy (non-hydrogen) atoms. The molecule has 1 N–H and O–H groups in total. The van der Waals surface area contributed by atoms with Gasteiger partial charge in [-0.25, -0.2) is 4.98 Å². The van der Waals surface area contributed by atoms with Gasteiger partial charge in [0.05, 0.1) is 23.7 Å². The van der Waals surface area contributed by atoms with E-state index in [2.05, 4.69) is 29.1 Å². The Hall–Kier alpha value is -3.19. The Morgan fingerprint density at radius 3 is 2.84 bits per heavy atom. The number of hydrogen-bond acceptors (Lipinski definition) is 5. The van der Waals surface area contributed by atoms with E-state index >= 15 is 0 Å². The summed E-state index contributed by atoms with van der Waals surface area (Å²) in [7, 11) is 0. The van der Waals surface area contributed by atoms with Crippen molar-refractivity contribution in [3.8, 4) is 5.75 Å². The van der Waals surface area contributed by atoms with Crippen LogP contribution in [0.15, 0.2) is 59.9 Å². The molecule has 0 fully saturated rings. The molecule has 2 aromatic heterocycles. The number of unbranched alkanes of at least 4 members (excludes halogenated alkanes) is 1. The number of nitrogens with one attached hydrogen (secondary N) is 1. The first-order valence-electron chi connectivity index (χ1n) is 10.0. The number of rotatable bonds is 9. The van der Waals surface area contributed by atoms with Crippen LogP contribution in [0.25, 0.3) is 17.1 Å². The van der Waals surface area contributed by atoms with Gasteiger partial charge in [0.25, 0.3) is 5.56 Å². The van der Waals surface area contributed by atoms with Crippen LogP contribution in [0.2, 0.25) is 0 Å². The molecule has 0 aliphatic heterocycles. The number of hydrogen-bond donors (Lipinski definition) is 1. The summed E-state index contributed by atoms with van der Waals surface area (Å²) in [6.07, 6.45) is 9.17. The van der Waals surface area contributed by atoms with E-state index in [1.165, 1.54) is 23.2 Å². The van der Waals surface area contributed by atoms with Crippen molar-refractivity contribution >= 4 is 35.4 Å². The second kappa shape index (κ2) is 11.9. The highest BCUT2D eigenvalue weighted by Crippen LogP contribution is 2.17. The summed E-state index contributed by atoms with van der Waals surface area (Å²) < 4.78 is 6.88. The molecule has 0 saturated heterocycles. The Balaban J connectivity index is 0.00000341. The topological polar surface area (TPSA) is 86.1 Å². The fraction of sp³-hybridized carbons (Fsp3) is 0.304. The second-order valence-electron chi connectivity index (χ2n) is 7.24. The molecule has 164 valence electrons. The number of carbonyl (C=O) groups excluding carboxylic acids is 1. The third-order valence-electron chi connectivity index (χ3n) is 4.63. The average molecular weight is 443 g/mol. The van der Waals surface area contributed by atoms with Crippen molar-refractivity contribution in [1.29, 1.82) is 0 Å². The Morgan fingerprint density at radius 2 is 2.10 bits per heavy atom. The Morgan fingerprint density at radius 1 is 1.26 bits per heavy atom. The van der Waals surface area contributed by atoms with Gasteiger partial charge < -0.3 is 10.1 Å². The molecule has 8 heteroatoms. The summed E-state index contributed by atoms with van der Waals surface area (Å²) in [5.74, 6) is 0.795. The summed E-state index contributed by atoms with van der Waals surface area (Å²) in [5, 5.41) is 3.35. The van der Waals surface area contributed by atoms with Crippen LogP contribution in [0.4, 0.5) is 0 Å². The maximum absolute atomic E-state index is 12.7. The molecule has 1 amide bonds. The first-order valence-corrected chi connectivity index (χ1v) is 10.0. The van der Waals surface area contributed by atoms with Gasteiger partial charge in [0.1, 0.15) is 12.1 Å². The molecule has 0 aliphatic carbocycles. The summed E-state index contributed by atoms with van der Waals surface area (Å²) in [4.78, 5) is 33.0. The van der Waals surface area contributed by atoms with Crippen molar-refractivity contribution in [3.63, 3.8) is 0 Å². The van der Waals surface area contributed by atoms with Crippen molar-refractivity contribution in [1.82, 2.24) is 19.9 Å². The smallest absolute Gasteiger partial charge is 0.265 e. The first-order chi connectivity index (χ1) is 14.5. The van der Waals surface area contributed by atoms with Crippen molar-refractivity contribution < 1.29 is 9.53 Å². The van der Waals surface area contributed by atoms with Gasteiger partial charge in [-0.05, 0) is 48.6 Å². The summed E-state index contributed by atoms with van der Waals surface area (Å²) in [6, 6.07) is 9.38. The van der Waals surface area contributed by atoms with Gasteiger partial charge in [0.15, 0.2) is 0 Å². The van der Waals surface area contributed by atoms with Crippen molar-refractivity contribution in [3.05, 3.63) is 71.0 Å². The molecule has 0 radical (unpaired) electrons. The lowest BCUT2D eigenvalue weighted by Crippen LogP contribution is -2.23. The van der Waals surface area contributed by atoms with Crippen LogP contribution < -0.4 is 15.6 Å². The van der Waals surface area contributed by atoms with Crippen LogP contribution in [-0.2, 0) is 4.79 Å². The van der Waals surface area contributed by atoms with E-state index in [1.54, 1.807) is 12.4 Å². The number of nitrogens with zero attached hydrogens (tertiary/aromatic N) is 3. The van der Waals surface area contributed by atoms with E-state index in [4.69, 9.17) is 4.74 Å². The van der Waals surface area contributed by atoms with Crippen LogP contribution in [-0.4, -0.2) is 33.6 Å². The summed E-state index contributed by atoms with van der Waals surface area (Å²) >= 11 is 0. The highest BCUT2D eigenvalue weighted by atomic mass is 35.5. The Bertz CT molecular complexity index is 1080. The molecule has 2 heterocycles. The fourth-order valence-corrected chi connectivity index (χ4v) is 2.89. The number of carbonyl (C=O) groups is 1. The lowest BCUT2D eigenvalue weighted by atomic mass is 10.0. The third kappa shape index (κ3) is 6.93. The number of fused-ring (bicyclic) bond motifs is 1. The highest BCUT2D eigenvalue weighted by molar-refractivity contribution is 5.90. The summed E-state index contributed by atoms with van der Waals surface area (Å²) in [5.41, 5.74) is 1.53. The standard InChI is InChI=1S/C23H26N4O3.ClH/c1-17(2)18-7-8-21-20(14-18)23(29)27(16-26-21)12-9-22(28)25-11-3-4-13-30-19-6-5-10-24-15-19;/h5-10,12,14-17H,3-4,11,13H2,1-2H3,(H,25,28);1H. The predicted octanol–water partition coefficient (Wildman–Crippen LogP) is 3.78. The number of amides is 1. The zero-order chi connectivity index (χ0) is 21.3. The second-order valence-corrected chi connectivity index (χ2v) is 7.24. The monoisotopic (exact) mass is 442 g/mol. The van der Waals surface area contributed by atoms with E-state index in [0.29, 0.717) is 30.0 Å². The number of benzene rings is 1. The molecular formula is C23H27ClN4O3. The van der Waals surface area contributed by atoms with E-state index < -0.39 is 0 Å². The maximum Gasteiger partial charge on any atom is 0.265 e. The van der Waals surface area contributed by atoms with Crippen LogP contribution in [0.1, 0.15) is 38.2 Å². The van der Waals surface area contributed by atoms with Gasteiger partial charge in [0.2, 0.25) is 5.91 Å². The minimum atomic E-state index is -0.258. The zero-order valence-corrected chi connectivity index (χ0v) is 18.5. The largest absolute Gasteiger partial charge is 0.492 e. The van der Waals surface area contributed by atoms with Gasteiger partial charge >= 0.3 is 0 Å². The minimum Gasteiger partial charge on any atom is -0.492 e. The average Bonchev–Trinajstić information content (AvgIpc) is 2.76. The Labute approximate surface area is 187 Å². The van der Waals surface area contributed by atoms with E-state index in [9.17, 15) is 9.59 Å². The lowest BCUT2D eigenvalue weighted by molar-refractivity contribution is -0.116. The van der Waals surface area contributed by atoms with Crippen LogP contribution in [0.5, 0.6) is 5.75 Å². The molecule has 0 saturated carbocycles. The molecule has 3 aromatic rings.